The Balaban J connectivity index is 0.00000111. The zero-order chi connectivity index (χ0) is 22.9. The summed E-state index contributed by atoms with van der Waals surface area (Å²) in [6, 6.07) is 13.2. The Morgan fingerprint density at radius 1 is 0.939 bits per heavy atom. The molecule has 0 bridgehead atoms. The van der Waals surface area contributed by atoms with Crippen molar-refractivity contribution in [1.29, 1.82) is 0 Å². The predicted octanol–water partition coefficient (Wildman–Crippen LogP) is 3.30. The number of nitrogens with zero attached hydrogens (tertiary/aromatic N) is 6. The van der Waals surface area contributed by atoms with Crippen LogP contribution in [0.1, 0.15) is 19.4 Å². The zero-order valence-corrected chi connectivity index (χ0v) is 19.8. The molecule has 1 aromatic carbocycles. The van der Waals surface area contributed by atoms with Crippen LogP contribution in [0.2, 0.25) is 0 Å². The average Bonchev–Trinajstić information content (AvgIpc) is 3.19. The number of nitrogens with two attached hydrogens (primary N) is 1. The lowest BCUT2D eigenvalue weighted by Crippen LogP contribution is -2.63. The number of piperazine rings is 1. The second kappa shape index (κ2) is 9.08. The lowest BCUT2D eigenvalue weighted by molar-refractivity contribution is 0.0963. The van der Waals surface area contributed by atoms with Crippen LogP contribution in [0.4, 0.5) is 11.4 Å². The molecule has 2 saturated heterocycles. The Hall–Kier alpha value is -3.03. The van der Waals surface area contributed by atoms with E-state index in [-0.39, 0.29) is 0 Å². The van der Waals surface area contributed by atoms with Crippen molar-refractivity contribution < 1.29 is 0 Å². The summed E-state index contributed by atoms with van der Waals surface area (Å²) in [6.45, 7) is 10.8. The van der Waals surface area contributed by atoms with Crippen LogP contribution in [0, 0.1) is 0 Å². The van der Waals surface area contributed by atoms with Gasteiger partial charge in [0.05, 0.1) is 34.3 Å². The average molecular weight is 444 g/mol. The van der Waals surface area contributed by atoms with Crippen LogP contribution in [0.5, 0.6) is 0 Å². The second-order valence-corrected chi connectivity index (χ2v) is 8.95. The Labute approximate surface area is 195 Å². The predicted molar refractivity (Wildman–Crippen MR) is 136 cm³/mol. The van der Waals surface area contributed by atoms with Crippen molar-refractivity contribution in [1.82, 2.24) is 19.8 Å². The van der Waals surface area contributed by atoms with Crippen molar-refractivity contribution in [2.75, 3.05) is 51.2 Å². The Kier molecular flexibility index (Phi) is 6.00. The monoisotopic (exact) mass is 443 g/mol. The van der Waals surface area contributed by atoms with Crippen LogP contribution in [0.15, 0.2) is 47.6 Å². The fourth-order valence-corrected chi connectivity index (χ4v) is 4.78. The molecule has 5 heterocycles. The highest BCUT2D eigenvalue weighted by Gasteiger charge is 2.33. The van der Waals surface area contributed by atoms with Gasteiger partial charge in [0.15, 0.2) is 0 Å². The van der Waals surface area contributed by atoms with Gasteiger partial charge in [-0.15, -0.1) is 0 Å². The number of aliphatic imine (C=N–C) groups is 1. The summed E-state index contributed by atoms with van der Waals surface area (Å²) in [5.74, 6) is 0.678. The minimum Gasteiger partial charge on any atom is -0.387 e. The number of hydrogen-bond acceptors (Lipinski definition) is 7. The van der Waals surface area contributed by atoms with Crippen LogP contribution in [-0.2, 0) is 6.42 Å². The summed E-state index contributed by atoms with van der Waals surface area (Å²) in [5.41, 5.74) is 13.0. The number of likely N-dealkylation sites (N-methyl/N-ethyl adjacent to an activating group) is 1. The van der Waals surface area contributed by atoms with E-state index in [0.717, 1.165) is 53.2 Å². The molecule has 3 aliphatic heterocycles. The third kappa shape index (κ3) is 4.30. The summed E-state index contributed by atoms with van der Waals surface area (Å²) in [7, 11) is 2.21. The molecule has 172 valence electrons. The minimum absolute atomic E-state index is 0.656. The van der Waals surface area contributed by atoms with Gasteiger partial charge in [-0.25, -0.2) is 9.98 Å². The SMILES string of the molecule is CC.CN1CCN(C2CN(c3cnc4ccc(-c5ccc6c(c5)N=C(N)C6)nc4c3)C2)CC1. The lowest BCUT2D eigenvalue weighted by Gasteiger charge is -2.48. The normalized spacial score (nSPS) is 19.0. The maximum absolute atomic E-state index is 5.89. The fourth-order valence-electron chi connectivity index (χ4n) is 4.78. The van der Waals surface area contributed by atoms with Gasteiger partial charge in [0.25, 0.3) is 0 Å². The van der Waals surface area contributed by atoms with Crippen molar-refractivity contribution >= 4 is 28.2 Å². The quantitative estimate of drug-likeness (QED) is 0.670. The van der Waals surface area contributed by atoms with Crippen molar-refractivity contribution in [3.63, 3.8) is 0 Å². The van der Waals surface area contributed by atoms with E-state index in [1.54, 1.807) is 0 Å². The van der Waals surface area contributed by atoms with Crippen LogP contribution < -0.4 is 10.6 Å². The minimum atomic E-state index is 0.656. The summed E-state index contributed by atoms with van der Waals surface area (Å²) in [5, 5.41) is 0. The molecule has 0 spiro atoms. The first-order valence-electron chi connectivity index (χ1n) is 12.0. The third-order valence-corrected chi connectivity index (χ3v) is 6.82. The van der Waals surface area contributed by atoms with Crippen molar-refractivity contribution in [3.05, 3.63) is 48.2 Å². The number of anilines is 1. The van der Waals surface area contributed by atoms with E-state index >= 15 is 0 Å². The van der Waals surface area contributed by atoms with Crippen molar-refractivity contribution in [3.8, 4) is 11.3 Å². The highest BCUT2D eigenvalue weighted by atomic mass is 15.3. The van der Waals surface area contributed by atoms with E-state index in [0.29, 0.717) is 11.9 Å². The van der Waals surface area contributed by atoms with Gasteiger partial charge in [0, 0.05) is 57.3 Å². The number of aromatic nitrogens is 2. The van der Waals surface area contributed by atoms with Crippen LogP contribution in [0.25, 0.3) is 22.3 Å². The lowest BCUT2D eigenvalue weighted by atomic mass is 10.0. The number of rotatable bonds is 3. The fraction of sp³-hybridized carbons (Fsp3) is 0.423. The van der Waals surface area contributed by atoms with E-state index in [9.17, 15) is 0 Å². The summed E-state index contributed by atoms with van der Waals surface area (Å²) in [4.78, 5) is 21.5. The van der Waals surface area contributed by atoms with E-state index < -0.39 is 0 Å². The molecule has 7 heteroatoms. The largest absolute Gasteiger partial charge is 0.387 e. The molecule has 7 nitrogen and oxygen atoms in total. The van der Waals surface area contributed by atoms with Gasteiger partial charge in [-0.3, -0.25) is 9.88 Å². The van der Waals surface area contributed by atoms with E-state index in [1.807, 2.05) is 26.1 Å². The van der Waals surface area contributed by atoms with Crippen LogP contribution in [0.3, 0.4) is 0 Å². The molecular weight excluding hydrogens is 410 g/mol. The Morgan fingerprint density at radius 3 is 2.52 bits per heavy atom. The summed E-state index contributed by atoms with van der Waals surface area (Å²) < 4.78 is 0. The van der Waals surface area contributed by atoms with Gasteiger partial charge >= 0.3 is 0 Å². The standard InChI is InChI=1S/C24H27N7.C2H6/c1-29-6-8-30(9-7-29)19-14-31(15-19)18-12-23-21(26-13-18)5-4-20(27-23)16-2-3-17-11-24(25)28-22(17)10-16;1-2/h2-5,10,12-13,19H,6-9,11,14-15H2,1H3,(H2,25,28);1-2H3. The van der Waals surface area contributed by atoms with E-state index in [1.165, 1.54) is 31.7 Å². The van der Waals surface area contributed by atoms with Gasteiger partial charge < -0.3 is 15.5 Å². The molecule has 3 aliphatic rings. The summed E-state index contributed by atoms with van der Waals surface area (Å²) >= 11 is 0. The van der Waals surface area contributed by atoms with Gasteiger partial charge in [-0.1, -0.05) is 26.0 Å². The molecule has 0 atom stereocenters. The first-order valence-corrected chi connectivity index (χ1v) is 12.0. The molecule has 6 rings (SSSR count). The van der Waals surface area contributed by atoms with E-state index in [2.05, 4.69) is 62.1 Å². The van der Waals surface area contributed by atoms with Gasteiger partial charge in [0.1, 0.15) is 5.84 Å². The number of amidine groups is 1. The van der Waals surface area contributed by atoms with Crippen molar-refractivity contribution in [2.24, 2.45) is 10.7 Å². The third-order valence-electron chi connectivity index (χ3n) is 6.82. The Morgan fingerprint density at radius 2 is 1.73 bits per heavy atom. The number of hydrogen-bond donors (Lipinski definition) is 1. The molecule has 2 aromatic heterocycles. The molecule has 3 aromatic rings. The maximum Gasteiger partial charge on any atom is 0.104 e. The summed E-state index contributed by atoms with van der Waals surface area (Å²) in [6.07, 6.45) is 2.72. The van der Waals surface area contributed by atoms with Crippen LogP contribution >= 0.6 is 0 Å². The first kappa shape index (κ1) is 21.8. The highest BCUT2D eigenvalue weighted by Crippen LogP contribution is 2.32. The second-order valence-electron chi connectivity index (χ2n) is 8.95. The highest BCUT2D eigenvalue weighted by molar-refractivity contribution is 5.92. The van der Waals surface area contributed by atoms with Crippen LogP contribution in [-0.4, -0.2) is 78.0 Å². The molecule has 0 aliphatic carbocycles. The topological polar surface area (TPSA) is 73.9 Å². The van der Waals surface area contributed by atoms with Gasteiger partial charge in [-0.05, 0) is 36.9 Å². The molecule has 0 saturated carbocycles. The Bertz CT molecular complexity index is 1170. The molecule has 0 amide bonds. The first-order chi connectivity index (χ1) is 16.1. The zero-order valence-electron chi connectivity index (χ0n) is 19.8. The van der Waals surface area contributed by atoms with Gasteiger partial charge in [-0.2, -0.15) is 0 Å². The molecule has 0 radical (unpaired) electrons. The number of fused-ring (bicyclic) bond motifs is 2. The molecule has 0 unspecified atom stereocenters. The number of benzene rings is 1. The van der Waals surface area contributed by atoms with E-state index in [4.69, 9.17) is 10.7 Å². The van der Waals surface area contributed by atoms with Gasteiger partial charge in [0.2, 0.25) is 0 Å². The maximum atomic E-state index is 5.89. The smallest absolute Gasteiger partial charge is 0.104 e. The molecule has 2 fully saturated rings. The molecule has 2 N–H and O–H groups in total. The molecule has 33 heavy (non-hydrogen) atoms. The van der Waals surface area contributed by atoms with Crippen molar-refractivity contribution in [2.45, 2.75) is 26.3 Å². The molecular formula is C26H33N7. The number of pyridine rings is 2.